The van der Waals surface area contributed by atoms with E-state index in [0.717, 1.165) is 12.1 Å². The highest BCUT2D eigenvalue weighted by Gasteiger charge is 2.30. The first-order valence-electron chi connectivity index (χ1n) is 5.56. The first kappa shape index (κ1) is 14.0. The Morgan fingerprint density at radius 1 is 1.11 bits per heavy atom. The van der Waals surface area contributed by atoms with Gasteiger partial charge in [0.15, 0.2) is 5.22 Å². The molecule has 1 aromatic carbocycles. The van der Waals surface area contributed by atoms with E-state index in [1.165, 1.54) is 6.07 Å². The van der Waals surface area contributed by atoms with Gasteiger partial charge in [0.05, 0.1) is 12.1 Å². The Kier molecular flexibility index (Phi) is 4.17. The summed E-state index contributed by atoms with van der Waals surface area (Å²) >= 11 is 5.61. The van der Waals surface area contributed by atoms with Crippen LogP contribution >= 0.6 is 11.6 Å². The van der Waals surface area contributed by atoms with E-state index in [1.54, 1.807) is 18.2 Å². The molecule has 2 nitrogen and oxygen atoms in total. The van der Waals surface area contributed by atoms with Gasteiger partial charge in [0, 0.05) is 6.54 Å². The van der Waals surface area contributed by atoms with Crippen LogP contribution in [0.2, 0.25) is 5.22 Å². The maximum absolute atomic E-state index is 12.5. The summed E-state index contributed by atoms with van der Waals surface area (Å²) in [4.78, 5) is 0. The SMILES string of the molecule is FC(F)(F)c1cccc(CNCc2ccc(Cl)o2)c1. The molecule has 0 aliphatic heterocycles. The molecule has 0 spiro atoms. The molecule has 6 heteroatoms. The first-order valence-corrected chi connectivity index (χ1v) is 5.94. The van der Waals surface area contributed by atoms with Crippen molar-refractivity contribution in [2.75, 3.05) is 0 Å². The fourth-order valence-electron chi connectivity index (χ4n) is 1.63. The van der Waals surface area contributed by atoms with E-state index in [-0.39, 0.29) is 5.22 Å². The summed E-state index contributed by atoms with van der Waals surface area (Å²) in [5.74, 6) is 0.636. The van der Waals surface area contributed by atoms with E-state index < -0.39 is 11.7 Å². The molecule has 0 radical (unpaired) electrons. The van der Waals surface area contributed by atoms with Crippen LogP contribution in [-0.2, 0) is 19.3 Å². The zero-order valence-corrected chi connectivity index (χ0v) is 10.6. The molecule has 2 rings (SSSR count). The molecule has 0 atom stereocenters. The molecule has 0 saturated heterocycles. The standard InChI is InChI=1S/C13H11ClF3NO/c14-12-5-4-11(19-12)8-18-7-9-2-1-3-10(6-9)13(15,16)17/h1-6,18H,7-8H2. The quantitative estimate of drug-likeness (QED) is 0.910. The molecular formula is C13H11ClF3NO. The van der Waals surface area contributed by atoms with Crippen LogP contribution in [0.4, 0.5) is 13.2 Å². The molecule has 1 heterocycles. The number of hydrogen-bond donors (Lipinski definition) is 1. The topological polar surface area (TPSA) is 25.2 Å². The van der Waals surface area contributed by atoms with Crippen LogP contribution in [-0.4, -0.2) is 0 Å². The average molecular weight is 290 g/mol. The average Bonchev–Trinajstić information content (AvgIpc) is 2.74. The number of rotatable bonds is 4. The Morgan fingerprint density at radius 2 is 1.89 bits per heavy atom. The molecule has 0 aliphatic rings. The van der Waals surface area contributed by atoms with Crippen molar-refractivity contribution in [3.63, 3.8) is 0 Å². The van der Waals surface area contributed by atoms with Crippen LogP contribution in [0.15, 0.2) is 40.8 Å². The molecule has 102 valence electrons. The monoisotopic (exact) mass is 289 g/mol. The Balaban J connectivity index is 1.93. The summed E-state index contributed by atoms with van der Waals surface area (Å²) in [5.41, 5.74) is -0.0830. The zero-order chi connectivity index (χ0) is 13.9. The lowest BCUT2D eigenvalue weighted by molar-refractivity contribution is -0.137. The van der Waals surface area contributed by atoms with Crippen molar-refractivity contribution in [1.82, 2.24) is 5.32 Å². The summed E-state index contributed by atoms with van der Waals surface area (Å²) in [6, 6.07) is 8.53. The number of nitrogens with one attached hydrogen (secondary N) is 1. The van der Waals surface area contributed by atoms with Crippen LogP contribution in [0, 0.1) is 0 Å². The minimum Gasteiger partial charge on any atom is -0.448 e. The van der Waals surface area contributed by atoms with Gasteiger partial charge in [-0.05, 0) is 35.4 Å². The highest BCUT2D eigenvalue weighted by atomic mass is 35.5. The predicted octanol–water partition coefficient (Wildman–Crippen LogP) is 4.24. The number of furan rings is 1. The number of hydrogen-bond acceptors (Lipinski definition) is 2. The minimum absolute atomic E-state index is 0.288. The smallest absolute Gasteiger partial charge is 0.416 e. The lowest BCUT2D eigenvalue weighted by Gasteiger charge is -2.09. The lowest BCUT2D eigenvalue weighted by atomic mass is 10.1. The van der Waals surface area contributed by atoms with E-state index in [4.69, 9.17) is 16.0 Å². The molecule has 1 aromatic heterocycles. The summed E-state index contributed by atoms with van der Waals surface area (Å²) in [6.07, 6.45) is -4.31. The molecule has 0 unspecified atom stereocenters. The number of halogens is 4. The van der Waals surface area contributed by atoms with Gasteiger partial charge in [-0.2, -0.15) is 13.2 Å². The predicted molar refractivity (Wildman–Crippen MR) is 65.7 cm³/mol. The van der Waals surface area contributed by atoms with Gasteiger partial charge in [-0.3, -0.25) is 0 Å². The molecule has 19 heavy (non-hydrogen) atoms. The van der Waals surface area contributed by atoms with Crippen LogP contribution < -0.4 is 5.32 Å². The maximum atomic E-state index is 12.5. The molecule has 0 saturated carbocycles. The first-order chi connectivity index (χ1) is 8.95. The molecule has 0 amide bonds. The second-order valence-corrected chi connectivity index (χ2v) is 4.38. The van der Waals surface area contributed by atoms with E-state index in [1.807, 2.05) is 0 Å². The van der Waals surface area contributed by atoms with Gasteiger partial charge < -0.3 is 9.73 Å². The van der Waals surface area contributed by atoms with Gasteiger partial charge in [-0.25, -0.2) is 0 Å². The van der Waals surface area contributed by atoms with Crippen LogP contribution in [0.3, 0.4) is 0 Å². The van der Waals surface area contributed by atoms with E-state index in [2.05, 4.69) is 5.32 Å². The lowest BCUT2D eigenvalue weighted by Crippen LogP contribution is -2.13. The van der Waals surface area contributed by atoms with Crippen molar-refractivity contribution in [2.45, 2.75) is 19.3 Å². The Morgan fingerprint density at radius 3 is 2.53 bits per heavy atom. The van der Waals surface area contributed by atoms with E-state index in [9.17, 15) is 13.2 Å². The Labute approximate surface area is 113 Å². The third-order valence-corrected chi connectivity index (χ3v) is 2.71. The summed E-state index contributed by atoms with van der Waals surface area (Å²) in [7, 11) is 0. The normalized spacial score (nSPS) is 11.8. The van der Waals surface area contributed by atoms with Crippen molar-refractivity contribution in [2.24, 2.45) is 0 Å². The molecule has 2 aromatic rings. The Hall–Kier alpha value is -1.46. The van der Waals surface area contributed by atoms with Gasteiger partial charge >= 0.3 is 6.18 Å². The minimum atomic E-state index is -4.31. The van der Waals surface area contributed by atoms with Gasteiger partial charge in [-0.1, -0.05) is 18.2 Å². The third kappa shape index (κ3) is 4.01. The van der Waals surface area contributed by atoms with Crippen molar-refractivity contribution in [3.8, 4) is 0 Å². The van der Waals surface area contributed by atoms with Crippen LogP contribution in [0.5, 0.6) is 0 Å². The van der Waals surface area contributed by atoms with Crippen molar-refractivity contribution < 1.29 is 17.6 Å². The number of alkyl halides is 3. The van der Waals surface area contributed by atoms with Crippen molar-refractivity contribution >= 4 is 11.6 Å². The van der Waals surface area contributed by atoms with E-state index >= 15 is 0 Å². The van der Waals surface area contributed by atoms with Gasteiger partial charge in [-0.15, -0.1) is 0 Å². The fraction of sp³-hybridized carbons (Fsp3) is 0.231. The molecule has 0 fully saturated rings. The molecular weight excluding hydrogens is 279 g/mol. The number of benzene rings is 1. The van der Waals surface area contributed by atoms with Crippen molar-refractivity contribution in [3.05, 3.63) is 58.5 Å². The summed E-state index contributed by atoms with van der Waals surface area (Å²) in [5, 5.41) is 3.28. The maximum Gasteiger partial charge on any atom is 0.416 e. The van der Waals surface area contributed by atoms with Crippen LogP contribution in [0.1, 0.15) is 16.9 Å². The van der Waals surface area contributed by atoms with Gasteiger partial charge in [0.2, 0.25) is 0 Å². The van der Waals surface area contributed by atoms with Crippen LogP contribution in [0.25, 0.3) is 0 Å². The molecule has 1 N–H and O–H groups in total. The third-order valence-electron chi connectivity index (χ3n) is 2.51. The van der Waals surface area contributed by atoms with E-state index in [0.29, 0.717) is 24.4 Å². The molecule has 0 aliphatic carbocycles. The van der Waals surface area contributed by atoms with Gasteiger partial charge in [0.1, 0.15) is 5.76 Å². The summed E-state index contributed by atoms with van der Waals surface area (Å²) in [6.45, 7) is 0.727. The second kappa shape index (κ2) is 5.67. The zero-order valence-electron chi connectivity index (χ0n) is 9.80. The highest BCUT2D eigenvalue weighted by Crippen LogP contribution is 2.29. The van der Waals surface area contributed by atoms with Gasteiger partial charge in [0.25, 0.3) is 0 Å². The van der Waals surface area contributed by atoms with Crippen molar-refractivity contribution in [1.29, 1.82) is 0 Å². The largest absolute Gasteiger partial charge is 0.448 e. The summed E-state index contributed by atoms with van der Waals surface area (Å²) < 4.78 is 42.6. The fourth-order valence-corrected chi connectivity index (χ4v) is 1.80. The molecule has 0 bridgehead atoms. The second-order valence-electron chi connectivity index (χ2n) is 4.01. The Bertz CT molecular complexity index is 551. The highest BCUT2D eigenvalue weighted by molar-refractivity contribution is 6.28.